The van der Waals surface area contributed by atoms with Gasteiger partial charge in [0.1, 0.15) is 0 Å². The highest BCUT2D eigenvalue weighted by atomic mass is 32.2. The number of hydrogen-bond acceptors (Lipinski definition) is 4. The molecule has 28 heavy (non-hydrogen) atoms. The molecular weight excluding hydrogens is 392 g/mol. The average molecular weight is 411 g/mol. The van der Waals surface area contributed by atoms with Gasteiger partial charge in [-0.15, -0.1) is 0 Å². The number of nitrogens with zero attached hydrogens (tertiary/aromatic N) is 1. The van der Waals surface area contributed by atoms with Crippen molar-refractivity contribution in [3.8, 4) is 0 Å². The number of aromatic nitrogens is 1. The lowest BCUT2D eigenvalue weighted by Crippen LogP contribution is -2.23. The van der Waals surface area contributed by atoms with Gasteiger partial charge in [-0.2, -0.15) is 0 Å². The molecule has 1 N–H and O–H groups in total. The SMILES string of the molecule is O=c1sc2cc(S(=O)(=O)NCc3ccccc3)ccc2n1Cc1ccccc1. The van der Waals surface area contributed by atoms with Crippen LogP contribution in [0.3, 0.4) is 0 Å². The van der Waals surface area contributed by atoms with E-state index >= 15 is 0 Å². The molecule has 5 nitrogen and oxygen atoms in total. The van der Waals surface area contributed by atoms with E-state index in [1.165, 1.54) is 0 Å². The van der Waals surface area contributed by atoms with E-state index in [0.29, 0.717) is 11.2 Å². The summed E-state index contributed by atoms with van der Waals surface area (Å²) >= 11 is 1.06. The van der Waals surface area contributed by atoms with Gasteiger partial charge in [0.25, 0.3) is 0 Å². The van der Waals surface area contributed by atoms with Crippen LogP contribution in [0.5, 0.6) is 0 Å². The summed E-state index contributed by atoms with van der Waals surface area (Å²) in [6.07, 6.45) is 0. The molecule has 3 aromatic carbocycles. The second-order valence-electron chi connectivity index (χ2n) is 6.38. The molecule has 0 aliphatic rings. The lowest BCUT2D eigenvalue weighted by atomic mass is 10.2. The average Bonchev–Trinajstić information content (AvgIpc) is 3.02. The summed E-state index contributed by atoms with van der Waals surface area (Å²) in [5.74, 6) is 0. The molecule has 0 atom stereocenters. The first kappa shape index (κ1) is 18.6. The second-order valence-corrected chi connectivity index (χ2v) is 9.14. The monoisotopic (exact) mass is 410 g/mol. The highest BCUT2D eigenvalue weighted by Crippen LogP contribution is 2.22. The zero-order chi connectivity index (χ0) is 19.6. The van der Waals surface area contributed by atoms with Crippen molar-refractivity contribution in [1.82, 2.24) is 9.29 Å². The standard InChI is InChI=1S/C21H18N2O3S2/c24-21-23(15-17-9-5-2-6-10-17)19-12-11-18(13-20(19)27-21)28(25,26)22-14-16-7-3-1-4-8-16/h1-13,22H,14-15H2. The van der Waals surface area contributed by atoms with Gasteiger partial charge >= 0.3 is 4.87 Å². The Kier molecular flexibility index (Phi) is 5.13. The molecule has 4 aromatic rings. The first-order valence-electron chi connectivity index (χ1n) is 8.74. The zero-order valence-corrected chi connectivity index (χ0v) is 16.5. The Labute approximate surface area is 166 Å². The van der Waals surface area contributed by atoms with Crippen LogP contribution in [0.1, 0.15) is 11.1 Å². The second kappa shape index (κ2) is 7.71. The number of thiazole rings is 1. The lowest BCUT2D eigenvalue weighted by Gasteiger charge is -2.08. The number of hydrogen-bond donors (Lipinski definition) is 1. The first-order chi connectivity index (χ1) is 13.5. The van der Waals surface area contributed by atoms with Crippen LogP contribution in [-0.2, 0) is 23.1 Å². The van der Waals surface area contributed by atoms with E-state index < -0.39 is 10.0 Å². The summed E-state index contributed by atoms with van der Waals surface area (Å²) < 4.78 is 30.2. The minimum Gasteiger partial charge on any atom is -0.294 e. The van der Waals surface area contributed by atoms with Crippen LogP contribution in [0.2, 0.25) is 0 Å². The first-order valence-corrected chi connectivity index (χ1v) is 11.0. The lowest BCUT2D eigenvalue weighted by molar-refractivity contribution is 0.581. The molecule has 1 heterocycles. The third-order valence-electron chi connectivity index (χ3n) is 4.44. The van der Waals surface area contributed by atoms with Crippen LogP contribution in [0.25, 0.3) is 10.2 Å². The fourth-order valence-corrected chi connectivity index (χ4v) is 5.04. The highest BCUT2D eigenvalue weighted by molar-refractivity contribution is 7.89. The van der Waals surface area contributed by atoms with E-state index in [0.717, 1.165) is 28.0 Å². The van der Waals surface area contributed by atoms with Gasteiger partial charge in [-0.1, -0.05) is 72.0 Å². The van der Waals surface area contributed by atoms with Crippen molar-refractivity contribution in [2.24, 2.45) is 0 Å². The highest BCUT2D eigenvalue weighted by Gasteiger charge is 2.17. The van der Waals surface area contributed by atoms with E-state index in [1.807, 2.05) is 60.7 Å². The molecule has 0 bridgehead atoms. The molecule has 4 rings (SSSR count). The molecule has 0 unspecified atom stereocenters. The number of rotatable bonds is 6. The molecule has 142 valence electrons. The predicted molar refractivity (Wildman–Crippen MR) is 112 cm³/mol. The third-order valence-corrected chi connectivity index (χ3v) is 6.78. The molecule has 0 radical (unpaired) electrons. The van der Waals surface area contributed by atoms with Crippen molar-refractivity contribution < 1.29 is 8.42 Å². The van der Waals surface area contributed by atoms with Crippen LogP contribution in [-0.4, -0.2) is 13.0 Å². The van der Waals surface area contributed by atoms with Crippen molar-refractivity contribution in [2.45, 2.75) is 18.0 Å². The number of nitrogens with one attached hydrogen (secondary N) is 1. The number of sulfonamides is 1. The summed E-state index contributed by atoms with van der Waals surface area (Å²) in [6, 6.07) is 23.9. The Bertz CT molecular complexity index is 1260. The summed E-state index contributed by atoms with van der Waals surface area (Å²) in [6.45, 7) is 0.671. The van der Waals surface area contributed by atoms with Gasteiger partial charge in [0.2, 0.25) is 10.0 Å². The van der Waals surface area contributed by atoms with Crippen LogP contribution in [0.15, 0.2) is 88.6 Å². The van der Waals surface area contributed by atoms with E-state index in [-0.39, 0.29) is 16.3 Å². The maximum atomic E-state index is 12.6. The predicted octanol–water partition coefficient (Wildman–Crippen LogP) is 3.59. The van der Waals surface area contributed by atoms with Crippen molar-refractivity contribution in [3.63, 3.8) is 0 Å². The van der Waals surface area contributed by atoms with Crippen LogP contribution in [0, 0.1) is 0 Å². The van der Waals surface area contributed by atoms with Crippen molar-refractivity contribution in [3.05, 3.63) is 99.7 Å². The van der Waals surface area contributed by atoms with Gasteiger partial charge in [0.05, 0.1) is 21.7 Å². The molecule has 0 spiro atoms. The van der Waals surface area contributed by atoms with E-state index in [1.54, 1.807) is 22.8 Å². The number of fused-ring (bicyclic) bond motifs is 1. The summed E-state index contributed by atoms with van der Waals surface area (Å²) in [5, 5.41) is 0. The maximum Gasteiger partial charge on any atom is 0.308 e. The molecule has 0 saturated carbocycles. The maximum absolute atomic E-state index is 12.6. The minimum absolute atomic E-state index is 0.106. The zero-order valence-electron chi connectivity index (χ0n) is 14.9. The Morgan fingerprint density at radius 3 is 2.18 bits per heavy atom. The van der Waals surface area contributed by atoms with Gasteiger partial charge in [0.15, 0.2) is 0 Å². The van der Waals surface area contributed by atoms with Gasteiger partial charge in [0, 0.05) is 6.54 Å². The Morgan fingerprint density at radius 2 is 1.50 bits per heavy atom. The van der Waals surface area contributed by atoms with E-state index in [4.69, 9.17) is 0 Å². The fraction of sp³-hybridized carbons (Fsp3) is 0.0952. The summed E-state index contributed by atoms with van der Waals surface area (Å²) in [4.78, 5) is 12.5. The normalized spacial score (nSPS) is 11.7. The molecular formula is C21H18N2O3S2. The fourth-order valence-electron chi connectivity index (χ4n) is 2.99. The van der Waals surface area contributed by atoms with Crippen LogP contribution in [0.4, 0.5) is 0 Å². The largest absolute Gasteiger partial charge is 0.308 e. The van der Waals surface area contributed by atoms with Crippen molar-refractivity contribution in [2.75, 3.05) is 0 Å². The smallest absolute Gasteiger partial charge is 0.294 e. The summed E-state index contributed by atoms with van der Waals surface area (Å²) in [5.41, 5.74) is 2.64. The minimum atomic E-state index is -3.67. The van der Waals surface area contributed by atoms with Gasteiger partial charge in [-0.3, -0.25) is 9.36 Å². The van der Waals surface area contributed by atoms with E-state index in [2.05, 4.69) is 4.72 Å². The van der Waals surface area contributed by atoms with Crippen molar-refractivity contribution >= 4 is 31.6 Å². The molecule has 0 amide bonds. The van der Waals surface area contributed by atoms with Gasteiger partial charge < -0.3 is 0 Å². The quantitative estimate of drug-likeness (QED) is 0.528. The third kappa shape index (κ3) is 3.91. The topological polar surface area (TPSA) is 68.2 Å². The Morgan fingerprint density at radius 1 is 0.857 bits per heavy atom. The number of benzene rings is 3. The van der Waals surface area contributed by atoms with Gasteiger partial charge in [-0.05, 0) is 29.3 Å². The van der Waals surface area contributed by atoms with Crippen molar-refractivity contribution in [1.29, 1.82) is 0 Å². The molecule has 1 aromatic heterocycles. The Balaban J connectivity index is 1.62. The molecule has 0 aliphatic carbocycles. The summed E-state index contributed by atoms with van der Waals surface area (Å²) in [7, 11) is -3.67. The molecule has 0 aliphatic heterocycles. The van der Waals surface area contributed by atoms with Gasteiger partial charge in [-0.25, -0.2) is 13.1 Å². The molecule has 0 fully saturated rings. The molecule has 0 saturated heterocycles. The van der Waals surface area contributed by atoms with Crippen LogP contribution >= 0.6 is 11.3 Å². The van der Waals surface area contributed by atoms with Crippen LogP contribution < -0.4 is 9.60 Å². The van der Waals surface area contributed by atoms with E-state index in [9.17, 15) is 13.2 Å². The Hall–Kier alpha value is -2.74. The molecule has 7 heteroatoms.